The van der Waals surface area contributed by atoms with Gasteiger partial charge in [0.25, 0.3) is 11.8 Å². The number of furan rings is 1. The monoisotopic (exact) mass is 385 g/mol. The third kappa shape index (κ3) is 5.68. The highest BCUT2D eigenvalue weighted by Crippen LogP contribution is 2.18. The van der Waals surface area contributed by atoms with Crippen LogP contribution >= 0.6 is 0 Å². The fourth-order valence-electron chi connectivity index (χ4n) is 3.08. The Kier molecular flexibility index (Phi) is 7.22. The first-order chi connectivity index (χ1) is 13.6. The molecule has 0 atom stereocenters. The second kappa shape index (κ2) is 10.1. The standard InChI is InChI=1S/C21H27N3O4/c1-16-6-7-17(15-18(16)23-21(26)19-5-4-12-28-19)20(25)22-8-2-3-9-24-10-13-27-14-11-24/h4-7,12,15H,2-3,8-11,13-14H2,1H3,(H,22,25)(H,23,26). The normalized spacial score (nSPS) is 14.6. The van der Waals surface area contributed by atoms with E-state index < -0.39 is 0 Å². The van der Waals surface area contributed by atoms with Crippen LogP contribution in [0.25, 0.3) is 0 Å². The summed E-state index contributed by atoms with van der Waals surface area (Å²) in [7, 11) is 0. The minimum atomic E-state index is -0.339. The molecule has 1 saturated heterocycles. The number of aryl methyl sites for hydroxylation is 1. The topological polar surface area (TPSA) is 83.8 Å². The molecule has 0 spiro atoms. The molecule has 2 amide bonds. The lowest BCUT2D eigenvalue weighted by molar-refractivity contribution is 0.0372. The summed E-state index contributed by atoms with van der Waals surface area (Å²) in [6.45, 7) is 7.14. The van der Waals surface area contributed by atoms with Crippen LogP contribution in [0.1, 0.15) is 39.3 Å². The summed E-state index contributed by atoms with van der Waals surface area (Å²) in [4.78, 5) is 27.0. The van der Waals surface area contributed by atoms with E-state index in [1.54, 1.807) is 24.3 Å². The van der Waals surface area contributed by atoms with Gasteiger partial charge in [0.1, 0.15) is 0 Å². The zero-order valence-corrected chi connectivity index (χ0v) is 16.2. The number of nitrogens with one attached hydrogen (secondary N) is 2. The number of rotatable bonds is 8. The van der Waals surface area contributed by atoms with E-state index in [4.69, 9.17) is 9.15 Å². The Bertz CT molecular complexity index is 783. The number of anilines is 1. The molecule has 0 radical (unpaired) electrons. The first-order valence-corrected chi connectivity index (χ1v) is 9.67. The molecule has 7 nitrogen and oxygen atoms in total. The van der Waals surface area contributed by atoms with E-state index in [0.29, 0.717) is 17.8 Å². The van der Waals surface area contributed by atoms with E-state index in [9.17, 15) is 9.59 Å². The molecule has 1 aliphatic rings. The van der Waals surface area contributed by atoms with Crippen molar-refractivity contribution in [2.24, 2.45) is 0 Å². The van der Waals surface area contributed by atoms with Crippen molar-refractivity contribution in [2.45, 2.75) is 19.8 Å². The third-order valence-electron chi connectivity index (χ3n) is 4.78. The number of carbonyl (C=O) groups is 2. The number of unbranched alkanes of at least 4 members (excludes halogenated alkanes) is 1. The molecule has 3 rings (SSSR count). The molecule has 1 aromatic carbocycles. The molecule has 7 heteroatoms. The SMILES string of the molecule is Cc1ccc(C(=O)NCCCCN2CCOCC2)cc1NC(=O)c1ccco1. The van der Waals surface area contributed by atoms with Crippen LogP contribution in [-0.2, 0) is 4.74 Å². The fourth-order valence-corrected chi connectivity index (χ4v) is 3.08. The van der Waals surface area contributed by atoms with Gasteiger partial charge in [-0.05, 0) is 56.1 Å². The van der Waals surface area contributed by atoms with Crippen molar-refractivity contribution >= 4 is 17.5 Å². The molecule has 1 fully saturated rings. The van der Waals surface area contributed by atoms with Gasteiger partial charge in [0, 0.05) is 30.9 Å². The molecule has 2 N–H and O–H groups in total. The summed E-state index contributed by atoms with van der Waals surface area (Å²) < 4.78 is 10.4. The predicted octanol–water partition coefficient (Wildman–Crippen LogP) is 2.68. The quantitative estimate of drug-likeness (QED) is 0.683. The summed E-state index contributed by atoms with van der Waals surface area (Å²) in [5, 5.41) is 5.74. The Hall–Kier alpha value is -2.64. The molecular weight excluding hydrogens is 358 g/mol. The molecule has 0 bridgehead atoms. The fraction of sp³-hybridized carbons (Fsp3) is 0.429. The highest BCUT2D eigenvalue weighted by atomic mass is 16.5. The highest BCUT2D eigenvalue weighted by Gasteiger charge is 2.13. The molecule has 0 aliphatic carbocycles. The number of amides is 2. The third-order valence-corrected chi connectivity index (χ3v) is 4.78. The lowest BCUT2D eigenvalue weighted by atomic mass is 10.1. The van der Waals surface area contributed by atoms with E-state index in [1.165, 1.54) is 6.26 Å². The Morgan fingerprint density at radius 2 is 1.93 bits per heavy atom. The number of benzene rings is 1. The van der Waals surface area contributed by atoms with Gasteiger partial charge in [0.05, 0.1) is 19.5 Å². The van der Waals surface area contributed by atoms with Crippen molar-refractivity contribution < 1.29 is 18.7 Å². The average molecular weight is 385 g/mol. The zero-order valence-electron chi connectivity index (χ0n) is 16.2. The summed E-state index contributed by atoms with van der Waals surface area (Å²) >= 11 is 0. The van der Waals surface area contributed by atoms with Crippen LogP contribution in [0, 0.1) is 6.92 Å². The number of hydrogen-bond donors (Lipinski definition) is 2. The number of carbonyl (C=O) groups excluding carboxylic acids is 2. The molecular formula is C21H27N3O4. The maximum atomic E-state index is 12.4. The Labute approximate surface area is 165 Å². The van der Waals surface area contributed by atoms with Gasteiger partial charge in [-0.25, -0.2) is 0 Å². The minimum Gasteiger partial charge on any atom is -0.459 e. The van der Waals surface area contributed by atoms with E-state index in [2.05, 4.69) is 15.5 Å². The molecule has 2 heterocycles. The lowest BCUT2D eigenvalue weighted by Crippen LogP contribution is -2.37. The summed E-state index contributed by atoms with van der Waals surface area (Å²) in [5.41, 5.74) is 2.00. The molecule has 0 unspecified atom stereocenters. The molecule has 1 aromatic heterocycles. The van der Waals surface area contributed by atoms with Gasteiger partial charge in [-0.3, -0.25) is 14.5 Å². The molecule has 28 heavy (non-hydrogen) atoms. The smallest absolute Gasteiger partial charge is 0.291 e. The highest BCUT2D eigenvalue weighted by molar-refractivity contribution is 6.03. The van der Waals surface area contributed by atoms with Crippen molar-refractivity contribution in [1.82, 2.24) is 10.2 Å². The van der Waals surface area contributed by atoms with Crippen LogP contribution in [0.3, 0.4) is 0 Å². The van der Waals surface area contributed by atoms with Crippen LogP contribution < -0.4 is 10.6 Å². The molecule has 0 saturated carbocycles. The number of ether oxygens (including phenoxy) is 1. The maximum absolute atomic E-state index is 12.4. The Morgan fingerprint density at radius 1 is 1.11 bits per heavy atom. The van der Waals surface area contributed by atoms with E-state index in [-0.39, 0.29) is 17.6 Å². The van der Waals surface area contributed by atoms with Gasteiger partial charge >= 0.3 is 0 Å². The first-order valence-electron chi connectivity index (χ1n) is 9.67. The Balaban J connectivity index is 1.46. The second-order valence-corrected chi connectivity index (χ2v) is 6.88. The largest absolute Gasteiger partial charge is 0.459 e. The number of hydrogen-bond acceptors (Lipinski definition) is 5. The predicted molar refractivity (Wildman–Crippen MR) is 107 cm³/mol. The van der Waals surface area contributed by atoms with E-state index >= 15 is 0 Å². The minimum absolute atomic E-state index is 0.139. The van der Waals surface area contributed by atoms with Crippen molar-refractivity contribution in [3.63, 3.8) is 0 Å². The second-order valence-electron chi connectivity index (χ2n) is 6.88. The van der Waals surface area contributed by atoms with E-state index in [0.717, 1.165) is 51.3 Å². The number of nitrogens with zero attached hydrogens (tertiary/aromatic N) is 1. The van der Waals surface area contributed by atoms with Crippen molar-refractivity contribution in [3.05, 3.63) is 53.5 Å². The maximum Gasteiger partial charge on any atom is 0.291 e. The molecule has 2 aromatic rings. The summed E-state index contributed by atoms with van der Waals surface area (Å²) in [6.07, 6.45) is 3.42. The van der Waals surface area contributed by atoms with Gasteiger partial charge < -0.3 is 19.8 Å². The van der Waals surface area contributed by atoms with Crippen molar-refractivity contribution in [3.8, 4) is 0 Å². The van der Waals surface area contributed by atoms with E-state index in [1.807, 2.05) is 13.0 Å². The molecule has 150 valence electrons. The van der Waals surface area contributed by atoms with Crippen molar-refractivity contribution in [2.75, 3.05) is 44.7 Å². The van der Waals surface area contributed by atoms with Gasteiger partial charge in [0.2, 0.25) is 0 Å². The van der Waals surface area contributed by atoms with Crippen LogP contribution in [-0.4, -0.2) is 56.1 Å². The van der Waals surface area contributed by atoms with Crippen molar-refractivity contribution in [1.29, 1.82) is 0 Å². The average Bonchev–Trinajstić information content (AvgIpc) is 3.25. The Morgan fingerprint density at radius 3 is 2.68 bits per heavy atom. The lowest BCUT2D eigenvalue weighted by Gasteiger charge is -2.26. The van der Waals surface area contributed by atoms with Gasteiger partial charge in [0.15, 0.2) is 5.76 Å². The van der Waals surface area contributed by atoms with Gasteiger partial charge in [-0.2, -0.15) is 0 Å². The first kappa shape index (κ1) is 20.1. The zero-order chi connectivity index (χ0) is 19.8. The van der Waals surface area contributed by atoms with Crippen LogP contribution in [0.4, 0.5) is 5.69 Å². The van der Waals surface area contributed by atoms with Gasteiger partial charge in [-0.1, -0.05) is 6.07 Å². The van der Waals surface area contributed by atoms with Crippen LogP contribution in [0.5, 0.6) is 0 Å². The molecule has 1 aliphatic heterocycles. The summed E-state index contributed by atoms with van der Waals surface area (Å²) in [6, 6.07) is 8.54. The van der Waals surface area contributed by atoms with Gasteiger partial charge in [-0.15, -0.1) is 0 Å². The number of morpholine rings is 1. The van der Waals surface area contributed by atoms with Crippen LogP contribution in [0.15, 0.2) is 41.0 Å². The van der Waals surface area contributed by atoms with Crippen LogP contribution in [0.2, 0.25) is 0 Å². The summed E-state index contributed by atoms with van der Waals surface area (Å²) in [5.74, 6) is -0.247.